The summed E-state index contributed by atoms with van der Waals surface area (Å²) < 4.78 is 0. The zero-order chi connectivity index (χ0) is 11.8. The Labute approximate surface area is 97.2 Å². The van der Waals surface area contributed by atoms with Crippen LogP contribution in [0.1, 0.15) is 46.0 Å². The minimum atomic E-state index is -0.731. The van der Waals surface area contributed by atoms with Crippen LogP contribution in [0, 0.1) is 5.92 Å². The topological polar surface area (TPSA) is 37.4 Å². The van der Waals surface area contributed by atoms with Crippen LogP contribution >= 0.6 is 0 Å². The standard InChI is InChI=1S/C13H21NO2/c1-3-11(15)13(12(16)4-2)9-10-5-7-14(13)8-6-10/h10H,3-9H2,1-2H3. The van der Waals surface area contributed by atoms with Crippen LogP contribution in [0.15, 0.2) is 0 Å². The van der Waals surface area contributed by atoms with Crippen LogP contribution in [-0.4, -0.2) is 35.1 Å². The Kier molecular flexibility index (Phi) is 3.15. The molecule has 0 aromatic carbocycles. The molecule has 0 atom stereocenters. The number of rotatable bonds is 4. The van der Waals surface area contributed by atoms with Crippen LogP contribution in [-0.2, 0) is 9.59 Å². The molecular weight excluding hydrogens is 202 g/mol. The number of ketones is 2. The van der Waals surface area contributed by atoms with Crippen LogP contribution in [0.4, 0.5) is 0 Å². The lowest BCUT2D eigenvalue weighted by molar-refractivity contribution is -0.152. The smallest absolute Gasteiger partial charge is 0.160 e. The van der Waals surface area contributed by atoms with E-state index in [-0.39, 0.29) is 11.6 Å². The zero-order valence-corrected chi connectivity index (χ0v) is 10.3. The highest BCUT2D eigenvalue weighted by Crippen LogP contribution is 2.41. The summed E-state index contributed by atoms with van der Waals surface area (Å²) >= 11 is 0. The molecule has 0 aliphatic carbocycles. The van der Waals surface area contributed by atoms with Crippen LogP contribution in [0.3, 0.4) is 0 Å². The minimum Gasteiger partial charge on any atom is -0.297 e. The second kappa shape index (κ2) is 4.28. The fourth-order valence-electron chi connectivity index (χ4n) is 3.39. The third-order valence-electron chi connectivity index (χ3n) is 4.30. The van der Waals surface area contributed by atoms with Crippen molar-refractivity contribution < 1.29 is 9.59 Å². The molecule has 2 bridgehead atoms. The second-order valence-electron chi connectivity index (χ2n) is 5.05. The molecule has 0 N–H and O–H groups in total. The molecule has 3 heterocycles. The van der Waals surface area contributed by atoms with Crippen LogP contribution in [0.2, 0.25) is 0 Å². The summed E-state index contributed by atoms with van der Waals surface area (Å²) in [5.74, 6) is 0.878. The highest BCUT2D eigenvalue weighted by Gasteiger charge is 2.53. The van der Waals surface area contributed by atoms with E-state index in [1.54, 1.807) is 0 Å². The van der Waals surface area contributed by atoms with Crippen molar-refractivity contribution in [3.63, 3.8) is 0 Å². The summed E-state index contributed by atoms with van der Waals surface area (Å²) in [5.41, 5.74) is -0.731. The van der Waals surface area contributed by atoms with Crippen LogP contribution in [0.25, 0.3) is 0 Å². The maximum absolute atomic E-state index is 12.2. The number of hydrogen-bond donors (Lipinski definition) is 0. The molecule has 3 fully saturated rings. The first-order valence-corrected chi connectivity index (χ1v) is 6.46. The predicted molar refractivity (Wildman–Crippen MR) is 62.2 cm³/mol. The van der Waals surface area contributed by atoms with Crippen molar-refractivity contribution in [1.82, 2.24) is 4.90 Å². The van der Waals surface area contributed by atoms with Gasteiger partial charge in [-0.15, -0.1) is 0 Å². The van der Waals surface area contributed by atoms with Gasteiger partial charge in [0.1, 0.15) is 5.54 Å². The normalized spacial score (nSPS) is 31.4. The van der Waals surface area contributed by atoms with Crippen molar-refractivity contribution in [2.75, 3.05) is 13.1 Å². The predicted octanol–water partition coefficient (Wildman–Crippen LogP) is 1.80. The lowest BCUT2D eigenvalue weighted by atomic mass is 9.69. The summed E-state index contributed by atoms with van der Waals surface area (Å²) in [4.78, 5) is 26.6. The maximum Gasteiger partial charge on any atom is 0.160 e. The molecule has 90 valence electrons. The average Bonchev–Trinajstić information content (AvgIpc) is 2.37. The van der Waals surface area contributed by atoms with Crippen molar-refractivity contribution in [3.05, 3.63) is 0 Å². The number of Topliss-reactive ketones (excluding diaryl/α,β-unsaturated/α-hetero) is 2. The first-order valence-electron chi connectivity index (χ1n) is 6.46. The van der Waals surface area contributed by atoms with E-state index in [0.717, 1.165) is 32.4 Å². The molecule has 0 spiro atoms. The lowest BCUT2D eigenvalue weighted by Gasteiger charge is -2.52. The summed E-state index contributed by atoms with van der Waals surface area (Å²) in [6.45, 7) is 5.61. The molecule has 0 unspecified atom stereocenters. The number of piperidine rings is 3. The fraction of sp³-hybridized carbons (Fsp3) is 0.846. The van der Waals surface area contributed by atoms with Gasteiger partial charge >= 0.3 is 0 Å². The maximum atomic E-state index is 12.2. The summed E-state index contributed by atoms with van der Waals surface area (Å²) in [6.07, 6.45) is 4.07. The van der Waals surface area contributed by atoms with Gasteiger partial charge in [-0.1, -0.05) is 13.8 Å². The minimum absolute atomic E-state index is 0.142. The molecule has 3 saturated heterocycles. The van der Waals surface area contributed by atoms with Crippen LogP contribution in [0.5, 0.6) is 0 Å². The van der Waals surface area contributed by atoms with Gasteiger partial charge in [-0.25, -0.2) is 0 Å². The van der Waals surface area contributed by atoms with Gasteiger partial charge in [-0.3, -0.25) is 14.5 Å². The van der Waals surface area contributed by atoms with Crippen molar-refractivity contribution in [2.24, 2.45) is 5.92 Å². The number of nitrogens with zero attached hydrogens (tertiary/aromatic N) is 1. The van der Waals surface area contributed by atoms with Crippen molar-refractivity contribution in [3.8, 4) is 0 Å². The summed E-state index contributed by atoms with van der Waals surface area (Å²) in [7, 11) is 0. The Balaban J connectivity index is 2.34. The van der Waals surface area contributed by atoms with E-state index in [9.17, 15) is 9.59 Å². The molecule has 0 amide bonds. The molecule has 0 saturated carbocycles. The van der Waals surface area contributed by atoms with E-state index in [1.807, 2.05) is 13.8 Å². The molecule has 3 aliphatic heterocycles. The Morgan fingerprint density at radius 2 is 1.62 bits per heavy atom. The Bertz CT molecular complexity index is 287. The summed E-state index contributed by atoms with van der Waals surface area (Å²) in [5, 5.41) is 0. The van der Waals surface area contributed by atoms with Crippen molar-refractivity contribution in [2.45, 2.75) is 51.5 Å². The first-order chi connectivity index (χ1) is 7.65. The third-order valence-corrected chi connectivity index (χ3v) is 4.30. The number of fused-ring (bicyclic) bond motifs is 3. The fourth-order valence-corrected chi connectivity index (χ4v) is 3.39. The van der Waals surface area contributed by atoms with Gasteiger partial charge in [0.2, 0.25) is 0 Å². The second-order valence-corrected chi connectivity index (χ2v) is 5.05. The average molecular weight is 223 g/mol. The Hall–Kier alpha value is -0.700. The van der Waals surface area contributed by atoms with Gasteiger partial charge in [0.15, 0.2) is 11.6 Å². The molecule has 16 heavy (non-hydrogen) atoms. The first kappa shape index (κ1) is 11.8. The van der Waals surface area contributed by atoms with E-state index in [2.05, 4.69) is 4.90 Å². The number of hydrogen-bond acceptors (Lipinski definition) is 3. The Morgan fingerprint density at radius 1 is 1.12 bits per heavy atom. The molecule has 0 aromatic heterocycles. The molecule has 3 nitrogen and oxygen atoms in total. The van der Waals surface area contributed by atoms with Crippen LogP contribution < -0.4 is 0 Å². The monoisotopic (exact) mass is 223 g/mol. The van der Waals surface area contributed by atoms with E-state index in [4.69, 9.17) is 0 Å². The van der Waals surface area contributed by atoms with Gasteiger partial charge in [-0.05, 0) is 38.3 Å². The van der Waals surface area contributed by atoms with E-state index >= 15 is 0 Å². The largest absolute Gasteiger partial charge is 0.297 e. The molecule has 3 heteroatoms. The summed E-state index contributed by atoms with van der Waals surface area (Å²) in [6, 6.07) is 0. The van der Waals surface area contributed by atoms with Gasteiger partial charge in [0.05, 0.1) is 0 Å². The van der Waals surface area contributed by atoms with Gasteiger partial charge in [-0.2, -0.15) is 0 Å². The third kappa shape index (κ3) is 1.53. The van der Waals surface area contributed by atoms with Crippen molar-refractivity contribution >= 4 is 11.6 Å². The highest BCUT2D eigenvalue weighted by atomic mass is 16.2. The molecule has 3 rings (SSSR count). The van der Waals surface area contributed by atoms with E-state index in [1.165, 1.54) is 0 Å². The molecule has 0 aromatic rings. The molecule has 3 aliphatic rings. The van der Waals surface area contributed by atoms with Crippen molar-refractivity contribution in [1.29, 1.82) is 0 Å². The highest BCUT2D eigenvalue weighted by molar-refractivity contribution is 6.11. The number of carbonyl (C=O) groups is 2. The molecule has 0 radical (unpaired) electrons. The van der Waals surface area contributed by atoms with E-state index in [0.29, 0.717) is 18.8 Å². The quantitative estimate of drug-likeness (QED) is 0.682. The SMILES string of the molecule is CCC(=O)C1(C(=O)CC)CC2CCN1CC2. The Morgan fingerprint density at radius 3 is 1.94 bits per heavy atom. The van der Waals surface area contributed by atoms with Gasteiger partial charge in [0.25, 0.3) is 0 Å². The molecular formula is C13H21NO2. The van der Waals surface area contributed by atoms with Gasteiger partial charge in [0, 0.05) is 12.8 Å². The van der Waals surface area contributed by atoms with E-state index < -0.39 is 5.54 Å². The lowest BCUT2D eigenvalue weighted by Crippen LogP contribution is -2.66. The van der Waals surface area contributed by atoms with Gasteiger partial charge < -0.3 is 0 Å². The number of carbonyl (C=O) groups excluding carboxylic acids is 2. The zero-order valence-electron chi connectivity index (χ0n) is 10.3.